The lowest BCUT2D eigenvalue weighted by molar-refractivity contribution is -0.137. The molecule has 1 fully saturated rings. The monoisotopic (exact) mass is 351 g/mol. The van der Waals surface area contributed by atoms with Crippen LogP contribution in [-0.4, -0.2) is 29.7 Å². The van der Waals surface area contributed by atoms with Gasteiger partial charge in [-0.2, -0.15) is 13.2 Å². The van der Waals surface area contributed by atoms with Crippen molar-refractivity contribution in [2.45, 2.75) is 38.3 Å². The van der Waals surface area contributed by atoms with Crippen molar-refractivity contribution in [1.82, 2.24) is 4.90 Å². The normalized spacial score (nSPS) is 21.2. The van der Waals surface area contributed by atoms with Gasteiger partial charge in [0.1, 0.15) is 0 Å². The molecule has 3 rings (SSSR count). The number of allylic oxidation sites excluding steroid dienone is 1. The molecule has 0 bridgehead atoms. The average Bonchev–Trinajstić information content (AvgIpc) is 3.14. The first kappa shape index (κ1) is 17.7. The van der Waals surface area contributed by atoms with Crippen LogP contribution < -0.4 is 0 Å². The van der Waals surface area contributed by atoms with Gasteiger partial charge in [0.05, 0.1) is 5.56 Å². The molecular weight excluding hydrogens is 331 g/mol. The number of hydrogen-bond donors (Lipinski definition) is 0. The van der Waals surface area contributed by atoms with E-state index in [-0.39, 0.29) is 23.2 Å². The van der Waals surface area contributed by atoms with E-state index in [9.17, 15) is 22.8 Å². The molecule has 134 valence electrons. The lowest BCUT2D eigenvalue weighted by Gasteiger charge is -2.32. The molecule has 0 unspecified atom stereocenters. The summed E-state index contributed by atoms with van der Waals surface area (Å²) in [6.45, 7) is 0.975. The van der Waals surface area contributed by atoms with Crippen molar-refractivity contribution in [3.63, 3.8) is 0 Å². The second kappa shape index (κ2) is 7.02. The number of alkyl halides is 3. The van der Waals surface area contributed by atoms with E-state index in [1.165, 1.54) is 12.1 Å². The van der Waals surface area contributed by atoms with Crippen LogP contribution in [0.2, 0.25) is 0 Å². The van der Waals surface area contributed by atoms with Gasteiger partial charge >= 0.3 is 6.18 Å². The maximum atomic E-state index is 12.6. The molecule has 0 aromatic heterocycles. The zero-order valence-electron chi connectivity index (χ0n) is 13.8. The second-order valence-corrected chi connectivity index (χ2v) is 6.65. The Kier molecular flexibility index (Phi) is 4.97. The van der Waals surface area contributed by atoms with Gasteiger partial charge in [-0.25, -0.2) is 0 Å². The highest BCUT2D eigenvalue weighted by Gasteiger charge is 2.32. The van der Waals surface area contributed by atoms with Gasteiger partial charge in [0.15, 0.2) is 5.78 Å². The van der Waals surface area contributed by atoms with E-state index in [2.05, 4.69) is 0 Å². The Morgan fingerprint density at radius 2 is 1.80 bits per heavy atom. The quantitative estimate of drug-likeness (QED) is 0.764. The van der Waals surface area contributed by atoms with Gasteiger partial charge in [-0.1, -0.05) is 18.2 Å². The summed E-state index contributed by atoms with van der Waals surface area (Å²) in [6.07, 6.45) is 1.63. The molecule has 2 aliphatic rings. The molecule has 1 aromatic rings. The number of halogens is 3. The molecular formula is C19H20F3NO2. The van der Waals surface area contributed by atoms with E-state index in [4.69, 9.17) is 0 Å². The molecule has 3 nitrogen and oxygen atoms in total. The third-order valence-corrected chi connectivity index (χ3v) is 4.89. The van der Waals surface area contributed by atoms with Gasteiger partial charge in [0.25, 0.3) is 0 Å². The van der Waals surface area contributed by atoms with Gasteiger partial charge in [0.2, 0.25) is 5.91 Å². The topological polar surface area (TPSA) is 37.4 Å². The number of piperidine rings is 1. The molecule has 0 N–H and O–H groups in total. The Morgan fingerprint density at radius 1 is 1.08 bits per heavy atom. The number of hydrogen-bond acceptors (Lipinski definition) is 2. The third kappa shape index (κ3) is 3.94. The largest absolute Gasteiger partial charge is 0.416 e. The van der Waals surface area contributed by atoms with E-state index < -0.39 is 11.7 Å². The molecule has 1 heterocycles. The van der Waals surface area contributed by atoms with Crippen molar-refractivity contribution in [3.05, 3.63) is 47.0 Å². The fourth-order valence-electron chi connectivity index (χ4n) is 3.50. The fourth-order valence-corrected chi connectivity index (χ4v) is 3.50. The molecule has 0 radical (unpaired) electrons. The highest BCUT2D eigenvalue weighted by Crippen LogP contribution is 2.30. The van der Waals surface area contributed by atoms with Crippen LogP contribution in [0.5, 0.6) is 0 Å². The lowest BCUT2D eigenvalue weighted by Crippen LogP contribution is -2.42. The number of ketones is 1. The highest BCUT2D eigenvalue weighted by atomic mass is 19.4. The van der Waals surface area contributed by atoms with Crippen molar-refractivity contribution in [2.75, 3.05) is 13.1 Å². The Morgan fingerprint density at radius 3 is 2.40 bits per heavy atom. The minimum Gasteiger partial charge on any atom is -0.338 e. The van der Waals surface area contributed by atoms with Crippen LogP contribution in [0.4, 0.5) is 13.2 Å². The Bertz CT molecular complexity index is 692. The molecule has 1 aliphatic heterocycles. The van der Waals surface area contributed by atoms with Crippen LogP contribution in [0.3, 0.4) is 0 Å². The Labute approximate surface area is 144 Å². The summed E-state index contributed by atoms with van der Waals surface area (Å²) < 4.78 is 37.9. The van der Waals surface area contributed by atoms with Crippen molar-refractivity contribution in [1.29, 1.82) is 0 Å². The minimum atomic E-state index is -4.41. The first-order chi connectivity index (χ1) is 11.9. The van der Waals surface area contributed by atoms with Gasteiger partial charge in [0, 0.05) is 30.1 Å². The molecule has 1 aromatic carbocycles. The number of nitrogens with zero attached hydrogens (tertiary/aromatic N) is 1. The molecule has 1 saturated heterocycles. The summed E-state index contributed by atoms with van der Waals surface area (Å²) in [5.41, 5.74) is 0.327. The van der Waals surface area contributed by atoms with Crippen LogP contribution >= 0.6 is 0 Å². The molecule has 1 amide bonds. The number of likely N-dealkylation sites (tertiary alicyclic amines) is 1. The smallest absolute Gasteiger partial charge is 0.338 e. The Hall–Kier alpha value is -2.11. The molecule has 1 aliphatic carbocycles. The van der Waals surface area contributed by atoms with Crippen molar-refractivity contribution in [3.8, 4) is 0 Å². The van der Waals surface area contributed by atoms with Gasteiger partial charge in [-0.05, 0) is 44.2 Å². The number of carbonyl (C=O) groups excluding carboxylic acids is 2. The summed E-state index contributed by atoms with van der Waals surface area (Å²) in [6, 6.07) is 4.32. The van der Waals surface area contributed by atoms with Gasteiger partial charge in [-0.3, -0.25) is 9.59 Å². The third-order valence-electron chi connectivity index (χ3n) is 4.89. The molecule has 25 heavy (non-hydrogen) atoms. The number of amides is 1. The average molecular weight is 351 g/mol. The number of rotatable bonds is 3. The molecule has 0 saturated carbocycles. The number of Topliss-reactive ketones (excluding diaryl/α,β-unsaturated/α-hetero) is 1. The van der Waals surface area contributed by atoms with Crippen LogP contribution in [-0.2, 0) is 11.0 Å². The summed E-state index contributed by atoms with van der Waals surface area (Å²) >= 11 is 0. The van der Waals surface area contributed by atoms with Gasteiger partial charge < -0.3 is 4.90 Å². The molecule has 0 spiro atoms. The minimum absolute atomic E-state index is 0.00224. The fraction of sp³-hybridized carbons (Fsp3) is 0.474. The zero-order chi connectivity index (χ0) is 18.0. The summed E-state index contributed by atoms with van der Waals surface area (Å²) in [5.74, 6) is -0.537. The summed E-state index contributed by atoms with van der Waals surface area (Å²) in [7, 11) is 0. The van der Waals surface area contributed by atoms with Crippen molar-refractivity contribution in [2.24, 2.45) is 5.92 Å². The maximum absolute atomic E-state index is 12.6. The molecule has 1 atom stereocenters. The standard InChI is InChI=1S/C19H20F3NO2/c20-19(21,22)16-9-7-13(8-10-16)17(24)15-6-3-11-23(12-15)18(25)14-4-1-2-5-14/h4,7-10,15H,1-3,5-6,11-12H2/t15-/m1/s1. The van der Waals surface area contributed by atoms with Crippen molar-refractivity contribution < 1.29 is 22.8 Å². The maximum Gasteiger partial charge on any atom is 0.416 e. The van der Waals surface area contributed by atoms with E-state index in [1.54, 1.807) is 4.90 Å². The number of carbonyl (C=O) groups is 2. The summed E-state index contributed by atoms with van der Waals surface area (Å²) in [5, 5.41) is 0. The predicted octanol–water partition coefficient (Wildman–Crippen LogP) is 4.24. The van der Waals surface area contributed by atoms with E-state index >= 15 is 0 Å². The van der Waals surface area contributed by atoms with Crippen molar-refractivity contribution >= 4 is 11.7 Å². The van der Waals surface area contributed by atoms with E-state index in [1.807, 2.05) is 6.08 Å². The first-order valence-corrected chi connectivity index (χ1v) is 8.56. The van der Waals surface area contributed by atoms with Crippen LogP contribution in [0, 0.1) is 5.92 Å². The van der Waals surface area contributed by atoms with Crippen LogP contribution in [0.15, 0.2) is 35.9 Å². The molecule has 6 heteroatoms. The van der Waals surface area contributed by atoms with Crippen LogP contribution in [0.25, 0.3) is 0 Å². The lowest BCUT2D eigenvalue weighted by atomic mass is 9.89. The predicted molar refractivity (Wildman–Crippen MR) is 87.0 cm³/mol. The summed E-state index contributed by atoms with van der Waals surface area (Å²) in [4.78, 5) is 26.8. The van der Waals surface area contributed by atoms with Gasteiger partial charge in [-0.15, -0.1) is 0 Å². The highest BCUT2D eigenvalue weighted by molar-refractivity contribution is 5.99. The number of benzene rings is 1. The van der Waals surface area contributed by atoms with Crippen LogP contribution in [0.1, 0.15) is 48.0 Å². The first-order valence-electron chi connectivity index (χ1n) is 8.56. The van der Waals surface area contributed by atoms with E-state index in [0.717, 1.165) is 43.4 Å². The second-order valence-electron chi connectivity index (χ2n) is 6.65. The Balaban J connectivity index is 1.68. The zero-order valence-corrected chi connectivity index (χ0v) is 13.8. The SMILES string of the molecule is O=C(c1ccc(C(F)(F)F)cc1)[C@@H]1CCCN(C(=O)C2=CCCC2)C1. The van der Waals surface area contributed by atoms with E-state index in [0.29, 0.717) is 19.5 Å².